The highest BCUT2D eigenvalue weighted by Gasteiger charge is 2.25. The Morgan fingerprint density at radius 3 is 3.00 bits per heavy atom. The third kappa shape index (κ3) is 1.31. The SMILES string of the molecule is C[C@H]1CCC[C@H]1n1ccc2c(=O)[nH]ccc21. The van der Waals surface area contributed by atoms with Crippen LogP contribution in [-0.2, 0) is 0 Å². The van der Waals surface area contributed by atoms with Gasteiger partial charge in [0.25, 0.3) is 5.56 Å². The van der Waals surface area contributed by atoms with Crippen LogP contribution in [0.4, 0.5) is 0 Å². The van der Waals surface area contributed by atoms with Gasteiger partial charge in [0, 0.05) is 18.4 Å². The molecule has 3 heteroatoms. The predicted molar refractivity (Wildman–Crippen MR) is 64.6 cm³/mol. The van der Waals surface area contributed by atoms with E-state index in [1.54, 1.807) is 6.20 Å². The average Bonchev–Trinajstić information content (AvgIpc) is 2.84. The summed E-state index contributed by atoms with van der Waals surface area (Å²) < 4.78 is 2.28. The minimum absolute atomic E-state index is 0.0156. The lowest BCUT2D eigenvalue weighted by molar-refractivity contribution is 0.418. The summed E-state index contributed by atoms with van der Waals surface area (Å²) >= 11 is 0. The molecule has 3 nitrogen and oxygen atoms in total. The molecular formula is C13H16N2O. The van der Waals surface area contributed by atoms with E-state index in [9.17, 15) is 4.79 Å². The zero-order valence-corrected chi connectivity index (χ0v) is 9.44. The van der Waals surface area contributed by atoms with Crippen LogP contribution in [0.5, 0.6) is 0 Å². The molecular weight excluding hydrogens is 200 g/mol. The molecule has 1 aliphatic rings. The summed E-state index contributed by atoms with van der Waals surface area (Å²) in [5, 5.41) is 0.807. The van der Waals surface area contributed by atoms with E-state index >= 15 is 0 Å². The minimum atomic E-state index is 0.0156. The van der Waals surface area contributed by atoms with Gasteiger partial charge >= 0.3 is 0 Å². The number of rotatable bonds is 1. The lowest BCUT2D eigenvalue weighted by Crippen LogP contribution is -2.11. The Hall–Kier alpha value is -1.51. The quantitative estimate of drug-likeness (QED) is 0.782. The van der Waals surface area contributed by atoms with Gasteiger partial charge in [0.1, 0.15) is 0 Å². The first-order chi connectivity index (χ1) is 7.77. The van der Waals surface area contributed by atoms with Crippen molar-refractivity contribution in [3.63, 3.8) is 0 Å². The summed E-state index contributed by atoms with van der Waals surface area (Å²) in [5.74, 6) is 0.717. The van der Waals surface area contributed by atoms with Crippen LogP contribution in [0.25, 0.3) is 10.9 Å². The standard InChI is InChI=1S/C13H16N2O/c1-9-3-2-4-11(9)15-8-6-10-12(15)5-7-14-13(10)16/h5-9,11H,2-4H2,1H3,(H,14,16)/t9-,11+/m0/s1. The highest BCUT2D eigenvalue weighted by atomic mass is 16.1. The molecule has 0 radical (unpaired) electrons. The van der Waals surface area contributed by atoms with E-state index in [1.807, 2.05) is 12.1 Å². The van der Waals surface area contributed by atoms with Crippen molar-refractivity contribution in [1.29, 1.82) is 0 Å². The Balaban J connectivity index is 2.18. The summed E-state index contributed by atoms with van der Waals surface area (Å²) in [7, 11) is 0. The maximum atomic E-state index is 11.6. The lowest BCUT2D eigenvalue weighted by Gasteiger charge is -2.18. The molecule has 0 aliphatic heterocycles. The maximum absolute atomic E-state index is 11.6. The molecule has 0 saturated heterocycles. The molecule has 1 N–H and O–H groups in total. The molecule has 1 saturated carbocycles. The van der Waals surface area contributed by atoms with E-state index in [4.69, 9.17) is 0 Å². The Labute approximate surface area is 94.1 Å². The first kappa shape index (κ1) is 9.70. The van der Waals surface area contributed by atoms with Gasteiger partial charge in [0.15, 0.2) is 0 Å². The molecule has 0 amide bonds. The Morgan fingerprint density at radius 2 is 2.25 bits per heavy atom. The second kappa shape index (κ2) is 3.51. The molecule has 1 aliphatic carbocycles. The summed E-state index contributed by atoms with van der Waals surface area (Å²) in [6.45, 7) is 2.30. The molecule has 0 unspecified atom stereocenters. The number of hydrogen-bond donors (Lipinski definition) is 1. The monoisotopic (exact) mass is 216 g/mol. The van der Waals surface area contributed by atoms with Crippen LogP contribution < -0.4 is 5.56 Å². The van der Waals surface area contributed by atoms with E-state index < -0.39 is 0 Å². The molecule has 0 bridgehead atoms. The van der Waals surface area contributed by atoms with Crippen LogP contribution >= 0.6 is 0 Å². The van der Waals surface area contributed by atoms with Crippen LogP contribution in [0.1, 0.15) is 32.2 Å². The Kier molecular flexibility index (Phi) is 2.13. The molecule has 2 atom stereocenters. The van der Waals surface area contributed by atoms with Crippen molar-refractivity contribution in [2.45, 2.75) is 32.2 Å². The van der Waals surface area contributed by atoms with Crippen LogP contribution in [0.15, 0.2) is 29.3 Å². The summed E-state index contributed by atoms with van der Waals surface area (Å²) in [4.78, 5) is 14.3. The fraction of sp³-hybridized carbons (Fsp3) is 0.462. The second-order valence-corrected chi connectivity index (χ2v) is 4.80. The number of nitrogens with zero attached hydrogens (tertiary/aromatic N) is 1. The van der Waals surface area contributed by atoms with Gasteiger partial charge < -0.3 is 9.55 Å². The number of aromatic nitrogens is 2. The first-order valence-corrected chi connectivity index (χ1v) is 5.95. The normalized spacial score (nSPS) is 25.3. The third-order valence-electron chi connectivity index (χ3n) is 3.83. The highest BCUT2D eigenvalue weighted by Crippen LogP contribution is 2.36. The van der Waals surface area contributed by atoms with E-state index in [2.05, 4.69) is 22.7 Å². The summed E-state index contributed by atoms with van der Waals surface area (Å²) in [6.07, 6.45) is 7.63. The van der Waals surface area contributed by atoms with Crippen molar-refractivity contribution in [2.24, 2.45) is 5.92 Å². The molecule has 1 fully saturated rings. The fourth-order valence-electron chi connectivity index (χ4n) is 2.93. The van der Waals surface area contributed by atoms with Crippen LogP contribution in [-0.4, -0.2) is 9.55 Å². The first-order valence-electron chi connectivity index (χ1n) is 5.95. The smallest absolute Gasteiger partial charge is 0.257 e. The van der Waals surface area contributed by atoms with E-state index in [0.717, 1.165) is 16.8 Å². The van der Waals surface area contributed by atoms with Crippen molar-refractivity contribution in [3.8, 4) is 0 Å². The van der Waals surface area contributed by atoms with E-state index in [-0.39, 0.29) is 5.56 Å². The van der Waals surface area contributed by atoms with Gasteiger partial charge in [0.05, 0.1) is 10.9 Å². The molecule has 0 spiro atoms. The molecule has 2 heterocycles. The molecule has 84 valence electrons. The summed E-state index contributed by atoms with van der Waals surface area (Å²) in [6, 6.07) is 4.50. The van der Waals surface area contributed by atoms with Crippen LogP contribution in [0, 0.1) is 5.92 Å². The number of pyridine rings is 1. The number of nitrogens with one attached hydrogen (secondary N) is 1. The van der Waals surface area contributed by atoms with Crippen molar-refractivity contribution < 1.29 is 0 Å². The highest BCUT2D eigenvalue weighted by molar-refractivity contribution is 5.78. The topological polar surface area (TPSA) is 37.8 Å². The number of fused-ring (bicyclic) bond motifs is 1. The summed E-state index contributed by atoms with van der Waals surface area (Å²) in [5.41, 5.74) is 1.09. The van der Waals surface area contributed by atoms with Gasteiger partial charge in [-0.25, -0.2) is 0 Å². The van der Waals surface area contributed by atoms with Gasteiger partial charge in [-0.1, -0.05) is 13.3 Å². The maximum Gasteiger partial charge on any atom is 0.257 e. The number of hydrogen-bond acceptors (Lipinski definition) is 1. The molecule has 2 aromatic heterocycles. The number of H-pyrrole nitrogens is 1. The molecule has 0 aromatic carbocycles. The van der Waals surface area contributed by atoms with Gasteiger partial charge in [-0.2, -0.15) is 0 Å². The lowest BCUT2D eigenvalue weighted by atomic mass is 10.1. The molecule has 2 aromatic rings. The largest absolute Gasteiger partial charge is 0.344 e. The number of aromatic amines is 1. The van der Waals surface area contributed by atoms with Crippen LogP contribution in [0.3, 0.4) is 0 Å². The van der Waals surface area contributed by atoms with Gasteiger partial charge in [-0.05, 0) is 30.9 Å². The van der Waals surface area contributed by atoms with Gasteiger partial charge in [-0.15, -0.1) is 0 Å². The van der Waals surface area contributed by atoms with Crippen molar-refractivity contribution in [2.75, 3.05) is 0 Å². The Morgan fingerprint density at radius 1 is 1.38 bits per heavy atom. The second-order valence-electron chi connectivity index (χ2n) is 4.80. The Bertz CT molecular complexity index is 567. The zero-order chi connectivity index (χ0) is 11.1. The van der Waals surface area contributed by atoms with Gasteiger partial charge in [0.2, 0.25) is 0 Å². The fourth-order valence-corrected chi connectivity index (χ4v) is 2.93. The minimum Gasteiger partial charge on any atom is -0.344 e. The van der Waals surface area contributed by atoms with Crippen molar-refractivity contribution in [3.05, 3.63) is 34.9 Å². The predicted octanol–water partition coefficient (Wildman–Crippen LogP) is 2.69. The van der Waals surface area contributed by atoms with Crippen molar-refractivity contribution >= 4 is 10.9 Å². The van der Waals surface area contributed by atoms with Crippen molar-refractivity contribution in [1.82, 2.24) is 9.55 Å². The van der Waals surface area contributed by atoms with Crippen LogP contribution in [0.2, 0.25) is 0 Å². The average molecular weight is 216 g/mol. The third-order valence-corrected chi connectivity index (χ3v) is 3.83. The van der Waals surface area contributed by atoms with E-state index in [1.165, 1.54) is 19.3 Å². The zero-order valence-electron chi connectivity index (χ0n) is 9.44. The molecule has 3 rings (SSSR count). The van der Waals surface area contributed by atoms with Gasteiger partial charge in [-0.3, -0.25) is 4.79 Å². The van der Waals surface area contributed by atoms with E-state index in [0.29, 0.717) is 6.04 Å². The molecule has 16 heavy (non-hydrogen) atoms.